The van der Waals surface area contributed by atoms with Gasteiger partial charge in [-0.15, -0.1) is 0 Å². The maximum atomic E-state index is 5.38. The van der Waals surface area contributed by atoms with Crippen molar-refractivity contribution < 1.29 is 0 Å². The smallest absolute Gasteiger partial charge is 0.0331 e. The van der Waals surface area contributed by atoms with E-state index in [0.29, 0.717) is 5.03 Å². The van der Waals surface area contributed by atoms with Gasteiger partial charge < -0.3 is 0 Å². The molecule has 0 amide bonds. The third kappa shape index (κ3) is 5.77. The van der Waals surface area contributed by atoms with E-state index in [2.05, 4.69) is 13.5 Å². The Kier molecular flexibility index (Phi) is 3.81. The molecule has 0 nitrogen and oxygen atoms in total. The van der Waals surface area contributed by atoms with Gasteiger partial charge >= 0.3 is 0 Å². The van der Waals surface area contributed by atoms with E-state index in [9.17, 15) is 0 Å². The molecule has 0 atom stereocenters. The Hall–Kier alpha value is -0.230. The second-order valence-corrected chi connectivity index (χ2v) is 1.74. The molecule has 0 aromatic carbocycles. The topological polar surface area (TPSA) is 0 Å². The normalized spacial score (nSPS) is 10.0. The third-order valence-electron chi connectivity index (χ3n) is 0.534. The maximum absolute atomic E-state index is 5.38. The second kappa shape index (κ2) is 3.94. The van der Waals surface area contributed by atoms with Gasteiger partial charge in [-0.2, -0.15) is 0 Å². The van der Waals surface area contributed by atoms with Crippen molar-refractivity contribution in [3.63, 3.8) is 0 Å². The van der Waals surface area contributed by atoms with Crippen LogP contribution in [0.15, 0.2) is 23.8 Å². The van der Waals surface area contributed by atoms with Crippen molar-refractivity contribution >= 4 is 11.6 Å². The van der Waals surface area contributed by atoms with Crippen LogP contribution in [0, 0.1) is 0 Å². The molecular weight excluding hydrogens is 108 g/mol. The number of allylic oxidation sites excluding steroid dienone is 3. The molecule has 1 heteroatoms. The predicted molar refractivity (Wildman–Crippen MR) is 34.4 cm³/mol. The van der Waals surface area contributed by atoms with Crippen molar-refractivity contribution in [1.82, 2.24) is 0 Å². The van der Waals surface area contributed by atoms with Crippen LogP contribution in [0.3, 0.4) is 0 Å². The molecule has 0 radical (unpaired) electrons. The Labute approximate surface area is 49.5 Å². The summed E-state index contributed by atoms with van der Waals surface area (Å²) in [7, 11) is 0. The van der Waals surface area contributed by atoms with Crippen LogP contribution in [0.2, 0.25) is 0 Å². The van der Waals surface area contributed by atoms with Crippen molar-refractivity contribution in [2.45, 2.75) is 13.3 Å². The zero-order valence-electron chi connectivity index (χ0n) is 4.45. The van der Waals surface area contributed by atoms with Gasteiger partial charge in [0.2, 0.25) is 0 Å². The first kappa shape index (κ1) is 6.77. The van der Waals surface area contributed by atoms with E-state index in [1.54, 1.807) is 6.08 Å². The molecule has 0 saturated heterocycles. The van der Waals surface area contributed by atoms with E-state index in [0.717, 1.165) is 6.42 Å². The minimum atomic E-state index is 0.599. The van der Waals surface area contributed by atoms with Crippen molar-refractivity contribution in [2.24, 2.45) is 0 Å². The van der Waals surface area contributed by atoms with Crippen LogP contribution in [-0.4, -0.2) is 0 Å². The third-order valence-corrected chi connectivity index (χ3v) is 0.660. The summed E-state index contributed by atoms with van der Waals surface area (Å²) >= 11 is 5.38. The maximum Gasteiger partial charge on any atom is 0.0331 e. The summed E-state index contributed by atoms with van der Waals surface area (Å²) in [6.45, 7) is 5.52. The average Bonchev–Trinajstić information content (AvgIpc) is 1.61. The highest BCUT2D eigenvalue weighted by atomic mass is 35.5. The van der Waals surface area contributed by atoms with Crippen molar-refractivity contribution in [1.29, 1.82) is 0 Å². The molecule has 0 fully saturated rings. The van der Waals surface area contributed by atoms with Crippen LogP contribution in [0.5, 0.6) is 0 Å². The molecule has 0 aliphatic rings. The molecule has 0 rings (SSSR count). The van der Waals surface area contributed by atoms with Crippen LogP contribution < -0.4 is 0 Å². The zero-order valence-corrected chi connectivity index (χ0v) is 5.20. The lowest BCUT2D eigenvalue weighted by molar-refractivity contribution is 1.22. The summed E-state index contributed by atoms with van der Waals surface area (Å²) in [5, 5.41) is 0.599. The lowest BCUT2D eigenvalue weighted by Crippen LogP contribution is -1.54. The van der Waals surface area contributed by atoms with Crippen molar-refractivity contribution in [3.05, 3.63) is 23.8 Å². The summed E-state index contributed by atoms with van der Waals surface area (Å²) in [5.41, 5.74) is 0. The van der Waals surface area contributed by atoms with E-state index in [4.69, 9.17) is 11.6 Å². The van der Waals surface area contributed by atoms with E-state index in [1.807, 2.05) is 6.08 Å². The standard InChI is InChI=1S/C6H9Cl/c1-3-4-5-6(2)7/h4-5H,2-3H2,1H3/b5-4-. The van der Waals surface area contributed by atoms with Gasteiger partial charge in [-0.1, -0.05) is 31.2 Å². The van der Waals surface area contributed by atoms with Gasteiger partial charge in [0, 0.05) is 5.03 Å². The van der Waals surface area contributed by atoms with Crippen molar-refractivity contribution in [2.75, 3.05) is 0 Å². The fourth-order valence-electron chi connectivity index (χ4n) is 0.246. The van der Waals surface area contributed by atoms with E-state index in [1.165, 1.54) is 0 Å². The summed E-state index contributed by atoms with van der Waals surface area (Å²) in [5.74, 6) is 0. The summed E-state index contributed by atoms with van der Waals surface area (Å²) in [6.07, 6.45) is 4.78. The Morgan fingerprint density at radius 2 is 2.43 bits per heavy atom. The molecule has 0 aliphatic heterocycles. The lowest BCUT2D eigenvalue weighted by Gasteiger charge is -1.77. The Bertz CT molecular complexity index is 82.2. The molecule has 7 heavy (non-hydrogen) atoms. The van der Waals surface area contributed by atoms with E-state index < -0.39 is 0 Å². The van der Waals surface area contributed by atoms with Crippen LogP contribution in [0.25, 0.3) is 0 Å². The van der Waals surface area contributed by atoms with Crippen LogP contribution >= 0.6 is 11.6 Å². The molecule has 0 aliphatic carbocycles. The molecule has 0 saturated carbocycles. The minimum Gasteiger partial charge on any atom is -0.0850 e. The summed E-state index contributed by atoms with van der Waals surface area (Å²) < 4.78 is 0. The first-order chi connectivity index (χ1) is 3.27. The van der Waals surface area contributed by atoms with Gasteiger partial charge in [-0.05, 0) is 12.5 Å². The average molecular weight is 117 g/mol. The number of hydrogen-bond donors (Lipinski definition) is 0. The fraction of sp³-hybridized carbons (Fsp3) is 0.333. The van der Waals surface area contributed by atoms with Gasteiger partial charge in [0.1, 0.15) is 0 Å². The van der Waals surface area contributed by atoms with Gasteiger partial charge in [0.15, 0.2) is 0 Å². The molecule has 0 spiro atoms. The van der Waals surface area contributed by atoms with E-state index >= 15 is 0 Å². The summed E-state index contributed by atoms with van der Waals surface area (Å²) in [6, 6.07) is 0. The number of rotatable bonds is 2. The SMILES string of the molecule is C=C(Cl)/C=C\CC. The Balaban J connectivity index is 3.26. The van der Waals surface area contributed by atoms with E-state index in [-0.39, 0.29) is 0 Å². The zero-order chi connectivity index (χ0) is 5.70. The van der Waals surface area contributed by atoms with Crippen LogP contribution in [0.4, 0.5) is 0 Å². The highest BCUT2D eigenvalue weighted by Gasteiger charge is 1.70. The monoisotopic (exact) mass is 116 g/mol. The molecule has 0 unspecified atom stereocenters. The molecule has 0 bridgehead atoms. The lowest BCUT2D eigenvalue weighted by atomic mass is 10.4. The Morgan fingerprint density at radius 3 is 2.57 bits per heavy atom. The van der Waals surface area contributed by atoms with Crippen molar-refractivity contribution in [3.8, 4) is 0 Å². The highest BCUT2D eigenvalue weighted by Crippen LogP contribution is 1.97. The molecule has 0 N–H and O–H groups in total. The number of hydrogen-bond acceptors (Lipinski definition) is 0. The van der Waals surface area contributed by atoms with Gasteiger partial charge in [0.05, 0.1) is 0 Å². The van der Waals surface area contributed by atoms with Gasteiger partial charge in [0.25, 0.3) is 0 Å². The van der Waals surface area contributed by atoms with Crippen LogP contribution in [-0.2, 0) is 0 Å². The Morgan fingerprint density at radius 1 is 1.86 bits per heavy atom. The molecule has 40 valence electrons. The minimum absolute atomic E-state index is 0.599. The predicted octanol–water partition coefficient (Wildman–Crippen LogP) is 2.71. The largest absolute Gasteiger partial charge is 0.0850 e. The highest BCUT2D eigenvalue weighted by molar-refractivity contribution is 6.30. The first-order valence-corrected chi connectivity index (χ1v) is 2.66. The number of halogens is 1. The molecule has 0 heterocycles. The quantitative estimate of drug-likeness (QED) is 0.487. The molecule has 0 aromatic rings. The van der Waals surface area contributed by atoms with Crippen LogP contribution in [0.1, 0.15) is 13.3 Å². The van der Waals surface area contributed by atoms with Gasteiger partial charge in [-0.25, -0.2) is 0 Å². The fourth-order valence-corrected chi connectivity index (χ4v) is 0.335. The molecular formula is C6H9Cl. The summed E-state index contributed by atoms with van der Waals surface area (Å²) in [4.78, 5) is 0. The molecule has 0 aromatic heterocycles. The second-order valence-electron chi connectivity index (χ2n) is 1.26. The first-order valence-electron chi connectivity index (χ1n) is 2.28. The van der Waals surface area contributed by atoms with Gasteiger partial charge in [-0.3, -0.25) is 0 Å².